The molecule has 12 rings (SSSR count). The van der Waals surface area contributed by atoms with Crippen LogP contribution in [0.25, 0.3) is 65.4 Å². The first-order chi connectivity index (χ1) is 47.3. The largest absolute Gasteiger partial charge is 2.00 e. The molecule has 6 aromatic heterocycles. The van der Waals surface area contributed by atoms with Gasteiger partial charge in [0.1, 0.15) is 0 Å². The Labute approximate surface area is 634 Å². The molecule has 0 aliphatic carbocycles. The Kier molecular flexibility index (Phi) is 43.4. The van der Waals surface area contributed by atoms with Gasteiger partial charge in [-0.2, -0.15) is 21.0 Å². The number of fused-ring (bicyclic) bond motifs is 6. The quantitative estimate of drug-likeness (QED) is 0.106. The molecule has 520 valence electrons. The van der Waals surface area contributed by atoms with E-state index in [1.54, 1.807) is 24.3 Å². The van der Waals surface area contributed by atoms with Crippen molar-refractivity contribution in [3.05, 3.63) is 253 Å². The Hall–Kier alpha value is -7.98. The van der Waals surface area contributed by atoms with Crippen molar-refractivity contribution in [2.45, 2.75) is 67.0 Å². The van der Waals surface area contributed by atoms with Crippen LogP contribution in [-0.2, 0) is 93.9 Å². The minimum Gasteiger partial charge on any atom is -0.286 e. The molecule has 0 aliphatic rings. The number of hydrogen-bond acceptors (Lipinski definition) is 28. The van der Waals surface area contributed by atoms with Crippen LogP contribution in [0.3, 0.4) is 0 Å². The van der Waals surface area contributed by atoms with E-state index in [-0.39, 0.29) is 54.6 Å². The zero-order chi connectivity index (χ0) is 74.3. The van der Waals surface area contributed by atoms with Crippen LogP contribution >= 0.6 is 0 Å². The zero-order valence-electron chi connectivity index (χ0n) is 54.9. The number of halogens is 4. The molecule has 0 spiro atoms. The van der Waals surface area contributed by atoms with Gasteiger partial charge in [-0.25, -0.2) is 74.5 Å². The van der Waals surface area contributed by atoms with Crippen molar-refractivity contribution in [1.82, 2.24) is 39.7 Å². The number of benzene rings is 6. The number of nitrogens with zero attached hydrogens (tertiary/aromatic N) is 12. The van der Waals surface area contributed by atoms with Gasteiger partial charge in [-0.15, -0.1) is 41.0 Å². The van der Waals surface area contributed by atoms with E-state index < -0.39 is 41.0 Å². The average molecular weight is 1670 g/mol. The number of para-hydroxylation sites is 6. The van der Waals surface area contributed by atoms with Crippen LogP contribution in [0.5, 0.6) is 0 Å². The second kappa shape index (κ2) is 48.1. The number of nitriles is 4. The monoisotopic (exact) mass is 1670 g/mol. The van der Waals surface area contributed by atoms with Crippen molar-refractivity contribution < 1.29 is 170 Å². The molecule has 0 saturated heterocycles. The summed E-state index contributed by atoms with van der Waals surface area (Å²) in [5.41, 5.74) is 12.4. The van der Waals surface area contributed by atoms with E-state index in [1.807, 2.05) is 72.8 Å². The molecule has 0 saturated carbocycles. The van der Waals surface area contributed by atoms with Crippen LogP contribution in [0.1, 0.15) is 61.9 Å². The second-order valence-electron chi connectivity index (χ2n) is 19.7. The van der Waals surface area contributed by atoms with Gasteiger partial charge in [-0.3, -0.25) is 39.7 Å². The standard InChI is InChI=1S/2C30H24N4.4C2H3N.2Cd.4ClHO4/c2*1-4-10-28-22(7-1)13-16-25(31-28)19-34(20-26-17-14-23-8-2-5-11-29(23)32-26)21-27-18-15-24-9-3-6-12-30(24)33-27;4*1-2-3;;;4*2-1(3,4)5/h2*1-18H,19-21H2;4*1H3;;;4*(H,2,3,4,5)/q;;;;;;2*+2;;;;/p-4. The van der Waals surface area contributed by atoms with Gasteiger partial charge in [0, 0.05) is 99.3 Å². The summed E-state index contributed by atoms with van der Waals surface area (Å²) >= 11 is 0. The van der Waals surface area contributed by atoms with Gasteiger partial charge in [-0.05, 0) is 72.8 Å². The fourth-order valence-electron chi connectivity index (χ4n) is 8.89. The predicted octanol–water partition coefficient (Wildman–Crippen LogP) is -3.84. The molecular formula is C68H60Cd2Cl4N12O16. The molecule has 0 unspecified atom stereocenters. The molecule has 0 radical (unpaired) electrons. The van der Waals surface area contributed by atoms with E-state index in [4.69, 9.17) is 125 Å². The molecule has 0 bridgehead atoms. The fourth-order valence-corrected chi connectivity index (χ4v) is 8.89. The average Bonchev–Trinajstić information content (AvgIpc) is 0.838. The van der Waals surface area contributed by atoms with Gasteiger partial charge < -0.3 is 0 Å². The van der Waals surface area contributed by atoms with Crippen molar-refractivity contribution in [2.24, 2.45) is 0 Å². The van der Waals surface area contributed by atoms with Gasteiger partial charge in [0.15, 0.2) is 0 Å². The summed E-state index contributed by atoms with van der Waals surface area (Å²) in [5, 5.41) is 36.2. The van der Waals surface area contributed by atoms with E-state index in [9.17, 15) is 0 Å². The van der Waals surface area contributed by atoms with E-state index >= 15 is 0 Å². The molecule has 34 heteroatoms. The van der Waals surface area contributed by atoms with Gasteiger partial charge in [-0.1, -0.05) is 146 Å². The Morgan fingerprint density at radius 1 is 0.235 bits per heavy atom. The number of hydrogen-bond donors (Lipinski definition) is 0. The van der Waals surface area contributed by atoms with Crippen LogP contribution in [-0.4, -0.2) is 39.7 Å². The van der Waals surface area contributed by atoms with Crippen LogP contribution in [0, 0.1) is 86.3 Å². The molecule has 0 N–H and O–H groups in total. The molecule has 0 aliphatic heterocycles. The summed E-state index contributed by atoms with van der Waals surface area (Å²) < 4.78 is 136. The molecule has 102 heavy (non-hydrogen) atoms. The van der Waals surface area contributed by atoms with Gasteiger partial charge in [0.05, 0.1) is 91.5 Å². The maximum atomic E-state index is 8.49. The smallest absolute Gasteiger partial charge is 0.286 e. The third-order valence-corrected chi connectivity index (χ3v) is 12.3. The minimum atomic E-state index is -4.94. The molecule has 6 heterocycles. The molecule has 28 nitrogen and oxygen atoms in total. The Balaban J connectivity index is 0.000000710. The third-order valence-electron chi connectivity index (χ3n) is 12.3. The van der Waals surface area contributed by atoms with E-state index in [0.29, 0.717) is 39.3 Å². The van der Waals surface area contributed by atoms with Gasteiger partial charge in [0.25, 0.3) is 0 Å². The Morgan fingerprint density at radius 2 is 0.343 bits per heavy atom. The molecule has 12 aromatic rings. The first kappa shape index (κ1) is 92.0. The van der Waals surface area contributed by atoms with Crippen LogP contribution in [0.4, 0.5) is 0 Å². The van der Waals surface area contributed by atoms with E-state index in [1.165, 1.54) is 27.7 Å². The van der Waals surface area contributed by atoms with Crippen molar-refractivity contribution in [2.75, 3.05) is 0 Å². The predicted molar refractivity (Wildman–Crippen MR) is 322 cm³/mol. The minimum absolute atomic E-state index is 0. The maximum absolute atomic E-state index is 8.49. The zero-order valence-corrected chi connectivity index (χ0v) is 65.9. The maximum Gasteiger partial charge on any atom is 2.00 e. The summed E-state index contributed by atoms with van der Waals surface area (Å²) in [5.74, 6) is 0. The van der Waals surface area contributed by atoms with Crippen LogP contribution in [0.2, 0.25) is 0 Å². The van der Waals surface area contributed by atoms with E-state index in [2.05, 4.69) is 155 Å². The summed E-state index contributed by atoms with van der Waals surface area (Å²) in [7, 11) is -19.8. The molecular weight excluding hydrogens is 1610 g/mol. The summed E-state index contributed by atoms with van der Waals surface area (Å²) in [6, 6.07) is 82.2. The SMILES string of the molecule is CC#N.CC#N.CC#N.CC#N.[Cd+2].[Cd+2].[O-][Cl+3]([O-])([O-])[O-].[O-][Cl+3]([O-])([O-])[O-].[O-][Cl+3]([O-])([O-])[O-].[O-][Cl+3]([O-])([O-])[O-].c1ccc2nc(CN(Cc3ccc4ccccc4n3)Cc3ccc4ccccc4n3)ccc2c1.c1ccc2nc(CN(Cc3ccc4ccccc4n3)Cc3ccc4ccccc4n3)ccc2c1. The van der Waals surface area contributed by atoms with Gasteiger partial charge >= 0.3 is 54.6 Å². The first-order valence-corrected chi connectivity index (χ1v) is 33.4. The molecule has 0 fully saturated rings. The number of aromatic nitrogens is 6. The molecule has 0 amide bonds. The summed E-state index contributed by atoms with van der Waals surface area (Å²) in [6.45, 7) is 10.0. The number of rotatable bonds is 12. The molecule has 0 atom stereocenters. The van der Waals surface area contributed by atoms with Crippen molar-refractivity contribution in [3.63, 3.8) is 0 Å². The summed E-state index contributed by atoms with van der Waals surface area (Å²) in [4.78, 5) is 34.2. The van der Waals surface area contributed by atoms with Gasteiger partial charge in [0.2, 0.25) is 0 Å². The Bertz CT molecular complexity index is 3900. The van der Waals surface area contributed by atoms with Crippen LogP contribution < -0.4 is 74.5 Å². The van der Waals surface area contributed by atoms with Crippen LogP contribution in [0.15, 0.2) is 218 Å². The first-order valence-electron chi connectivity index (χ1n) is 28.5. The van der Waals surface area contributed by atoms with Crippen molar-refractivity contribution in [3.8, 4) is 24.3 Å². The Morgan fingerprint density at radius 3 is 0.461 bits per heavy atom. The summed E-state index contributed by atoms with van der Waals surface area (Å²) in [6.07, 6.45) is 0. The second-order valence-corrected chi connectivity index (χ2v) is 22.7. The van der Waals surface area contributed by atoms with Crippen molar-refractivity contribution in [1.29, 1.82) is 21.0 Å². The molecule has 6 aromatic carbocycles. The van der Waals surface area contributed by atoms with E-state index in [0.717, 1.165) is 99.6 Å². The van der Waals surface area contributed by atoms with Crippen molar-refractivity contribution >= 4 is 65.4 Å². The fraction of sp³-hybridized carbons (Fsp3) is 0.147. The normalized spacial score (nSPS) is 10.4. The topological polar surface area (TPSA) is 548 Å². The third kappa shape index (κ3) is 41.2. The number of pyridine rings is 6.